The zero-order chi connectivity index (χ0) is 12.1. The first-order chi connectivity index (χ1) is 8.35. The van der Waals surface area contributed by atoms with Crippen LogP contribution in [-0.2, 0) is 9.47 Å². The maximum Gasteiger partial charge on any atom is 0.0990 e. The number of nitrogens with one attached hydrogen (secondary N) is 1. The number of hydrogen-bond acceptors (Lipinski definition) is 3. The molecular weight excluding hydrogens is 214 g/mol. The van der Waals surface area contributed by atoms with E-state index < -0.39 is 0 Å². The fourth-order valence-corrected chi connectivity index (χ4v) is 3.04. The van der Waals surface area contributed by atoms with Crippen LogP contribution < -0.4 is 5.32 Å². The second-order valence-corrected chi connectivity index (χ2v) is 5.25. The number of ether oxygens (including phenoxy) is 2. The van der Waals surface area contributed by atoms with Gasteiger partial charge in [0.2, 0.25) is 0 Å². The van der Waals surface area contributed by atoms with Crippen LogP contribution in [0.15, 0.2) is 0 Å². The third kappa shape index (κ3) is 3.43. The van der Waals surface area contributed by atoms with Crippen LogP contribution in [0.4, 0.5) is 0 Å². The molecule has 2 aliphatic carbocycles. The SMILES string of the molecule is CCNC1CC(OC2CCCCC2)C1OCC. The molecule has 3 unspecified atom stereocenters. The molecule has 0 heterocycles. The fraction of sp³-hybridized carbons (Fsp3) is 1.00. The molecule has 0 saturated heterocycles. The van der Waals surface area contributed by atoms with Crippen LogP contribution in [0.25, 0.3) is 0 Å². The Morgan fingerprint density at radius 1 is 1.12 bits per heavy atom. The van der Waals surface area contributed by atoms with E-state index in [1.807, 2.05) is 0 Å². The van der Waals surface area contributed by atoms with Crippen LogP contribution in [-0.4, -0.2) is 37.5 Å². The Bertz CT molecular complexity index is 216. The summed E-state index contributed by atoms with van der Waals surface area (Å²) >= 11 is 0. The number of hydrogen-bond donors (Lipinski definition) is 1. The molecule has 3 heteroatoms. The van der Waals surface area contributed by atoms with Gasteiger partial charge in [-0.05, 0) is 32.7 Å². The standard InChI is InChI=1S/C14H27NO2/c1-3-15-12-10-13(14(12)16-4-2)17-11-8-6-5-7-9-11/h11-15H,3-10H2,1-2H3. The molecular formula is C14H27NO2. The van der Waals surface area contributed by atoms with Crippen molar-refractivity contribution in [3.05, 3.63) is 0 Å². The first-order valence-electron chi connectivity index (χ1n) is 7.35. The molecule has 3 nitrogen and oxygen atoms in total. The molecule has 0 aromatic rings. The van der Waals surface area contributed by atoms with E-state index in [1.165, 1.54) is 32.1 Å². The molecule has 100 valence electrons. The minimum Gasteiger partial charge on any atom is -0.374 e. The van der Waals surface area contributed by atoms with Crippen molar-refractivity contribution in [2.75, 3.05) is 13.2 Å². The summed E-state index contributed by atoms with van der Waals surface area (Å²) in [6.45, 7) is 6.03. The number of likely N-dealkylation sites (N-methyl/N-ethyl adjacent to an activating group) is 1. The summed E-state index contributed by atoms with van der Waals surface area (Å²) in [5.74, 6) is 0. The highest BCUT2D eigenvalue weighted by Crippen LogP contribution is 2.31. The van der Waals surface area contributed by atoms with Gasteiger partial charge in [-0.2, -0.15) is 0 Å². The van der Waals surface area contributed by atoms with Gasteiger partial charge in [0.05, 0.1) is 18.3 Å². The van der Waals surface area contributed by atoms with Gasteiger partial charge >= 0.3 is 0 Å². The molecule has 3 atom stereocenters. The maximum absolute atomic E-state index is 6.20. The lowest BCUT2D eigenvalue weighted by Crippen LogP contribution is -2.60. The molecule has 0 radical (unpaired) electrons. The molecule has 0 spiro atoms. The predicted molar refractivity (Wildman–Crippen MR) is 69.2 cm³/mol. The molecule has 1 N–H and O–H groups in total. The summed E-state index contributed by atoms with van der Waals surface area (Å²) in [4.78, 5) is 0. The largest absolute Gasteiger partial charge is 0.374 e. The Morgan fingerprint density at radius 2 is 1.88 bits per heavy atom. The van der Waals surface area contributed by atoms with Crippen molar-refractivity contribution >= 4 is 0 Å². The Hall–Kier alpha value is -0.120. The predicted octanol–water partition coefficient (Wildman–Crippen LogP) is 2.49. The summed E-state index contributed by atoms with van der Waals surface area (Å²) in [7, 11) is 0. The van der Waals surface area contributed by atoms with Gasteiger partial charge in [-0.25, -0.2) is 0 Å². The van der Waals surface area contributed by atoms with Crippen LogP contribution in [0, 0.1) is 0 Å². The van der Waals surface area contributed by atoms with Crippen molar-refractivity contribution in [2.45, 2.75) is 76.7 Å². The average Bonchev–Trinajstić information content (AvgIpc) is 2.36. The average molecular weight is 241 g/mol. The smallest absolute Gasteiger partial charge is 0.0990 e. The quantitative estimate of drug-likeness (QED) is 0.775. The Balaban J connectivity index is 1.76. The van der Waals surface area contributed by atoms with E-state index in [1.54, 1.807) is 0 Å². The van der Waals surface area contributed by atoms with Gasteiger partial charge in [0.15, 0.2) is 0 Å². The van der Waals surface area contributed by atoms with E-state index >= 15 is 0 Å². The molecule has 0 aromatic carbocycles. The lowest BCUT2D eigenvalue weighted by molar-refractivity contribution is -0.170. The van der Waals surface area contributed by atoms with E-state index in [4.69, 9.17) is 9.47 Å². The van der Waals surface area contributed by atoms with Gasteiger partial charge in [0.25, 0.3) is 0 Å². The minimum atomic E-state index is 0.280. The first-order valence-corrected chi connectivity index (χ1v) is 7.35. The van der Waals surface area contributed by atoms with Gasteiger partial charge in [0.1, 0.15) is 0 Å². The fourth-order valence-electron chi connectivity index (χ4n) is 3.04. The van der Waals surface area contributed by atoms with Gasteiger partial charge in [-0.1, -0.05) is 26.2 Å². The van der Waals surface area contributed by atoms with Crippen molar-refractivity contribution in [2.24, 2.45) is 0 Å². The highest BCUT2D eigenvalue weighted by Gasteiger charge is 2.43. The second-order valence-electron chi connectivity index (χ2n) is 5.25. The zero-order valence-electron chi connectivity index (χ0n) is 11.3. The van der Waals surface area contributed by atoms with Crippen LogP contribution in [0.3, 0.4) is 0 Å². The summed E-state index contributed by atoms with van der Waals surface area (Å²) in [5, 5.41) is 3.48. The summed E-state index contributed by atoms with van der Waals surface area (Å²) in [6.07, 6.45) is 8.81. The van der Waals surface area contributed by atoms with E-state index in [2.05, 4.69) is 19.2 Å². The molecule has 2 rings (SSSR count). The molecule has 0 amide bonds. The Morgan fingerprint density at radius 3 is 2.53 bits per heavy atom. The molecule has 2 aliphatic rings. The Kier molecular flexibility index (Phi) is 5.26. The molecule has 0 bridgehead atoms. The van der Waals surface area contributed by atoms with Crippen molar-refractivity contribution in [1.29, 1.82) is 0 Å². The van der Waals surface area contributed by atoms with Gasteiger partial charge < -0.3 is 14.8 Å². The highest BCUT2D eigenvalue weighted by molar-refractivity contribution is 4.97. The lowest BCUT2D eigenvalue weighted by Gasteiger charge is -2.46. The number of rotatable bonds is 6. The van der Waals surface area contributed by atoms with Gasteiger partial charge in [-0.15, -0.1) is 0 Å². The van der Waals surface area contributed by atoms with Crippen molar-refractivity contribution in [3.63, 3.8) is 0 Å². The zero-order valence-corrected chi connectivity index (χ0v) is 11.3. The highest BCUT2D eigenvalue weighted by atomic mass is 16.6. The topological polar surface area (TPSA) is 30.5 Å². The van der Waals surface area contributed by atoms with Crippen molar-refractivity contribution in [3.8, 4) is 0 Å². The maximum atomic E-state index is 6.20. The van der Waals surface area contributed by atoms with Crippen molar-refractivity contribution in [1.82, 2.24) is 5.32 Å². The van der Waals surface area contributed by atoms with Gasteiger partial charge in [0, 0.05) is 12.6 Å². The molecule has 2 fully saturated rings. The van der Waals surface area contributed by atoms with Crippen LogP contribution >= 0.6 is 0 Å². The minimum absolute atomic E-state index is 0.280. The third-order valence-electron chi connectivity index (χ3n) is 3.99. The van der Waals surface area contributed by atoms with E-state index in [-0.39, 0.29) is 6.10 Å². The lowest BCUT2D eigenvalue weighted by atomic mass is 9.84. The van der Waals surface area contributed by atoms with Crippen molar-refractivity contribution < 1.29 is 9.47 Å². The molecule has 0 aliphatic heterocycles. The van der Waals surface area contributed by atoms with Crippen LogP contribution in [0.2, 0.25) is 0 Å². The summed E-state index contributed by atoms with van der Waals surface area (Å²) < 4.78 is 12.0. The molecule has 17 heavy (non-hydrogen) atoms. The van der Waals surface area contributed by atoms with E-state index in [0.717, 1.165) is 19.6 Å². The Labute approximate surface area is 105 Å². The van der Waals surface area contributed by atoms with Crippen LogP contribution in [0.1, 0.15) is 52.4 Å². The molecule has 2 saturated carbocycles. The monoisotopic (exact) mass is 241 g/mol. The third-order valence-corrected chi connectivity index (χ3v) is 3.99. The van der Waals surface area contributed by atoms with Gasteiger partial charge in [-0.3, -0.25) is 0 Å². The van der Waals surface area contributed by atoms with E-state index in [0.29, 0.717) is 18.2 Å². The normalized spacial score (nSPS) is 34.6. The first kappa shape index (κ1) is 13.3. The summed E-state index contributed by atoms with van der Waals surface area (Å²) in [5.41, 5.74) is 0. The summed E-state index contributed by atoms with van der Waals surface area (Å²) in [6, 6.07) is 0.508. The second kappa shape index (κ2) is 6.72. The molecule has 0 aromatic heterocycles. The van der Waals surface area contributed by atoms with E-state index in [9.17, 15) is 0 Å². The van der Waals surface area contributed by atoms with Crippen LogP contribution in [0.5, 0.6) is 0 Å².